The van der Waals surface area contributed by atoms with Crippen molar-refractivity contribution in [2.24, 2.45) is 34.5 Å². The predicted molar refractivity (Wildman–Crippen MR) is 212 cm³/mol. The molecular formula is C49H58O4. The van der Waals surface area contributed by atoms with Gasteiger partial charge in [0, 0.05) is 5.92 Å². The van der Waals surface area contributed by atoms with Crippen molar-refractivity contribution in [3.63, 3.8) is 0 Å². The van der Waals surface area contributed by atoms with Crippen LogP contribution in [0.2, 0.25) is 0 Å². The average molecular weight is 711 g/mol. The first-order chi connectivity index (χ1) is 26.0. The molecule has 6 unspecified atom stereocenters. The molecular weight excluding hydrogens is 653 g/mol. The van der Waals surface area contributed by atoms with Gasteiger partial charge in [-0.25, -0.2) is 0 Å². The Morgan fingerprint density at radius 1 is 0.528 bits per heavy atom. The molecule has 0 heterocycles. The fraction of sp³-hybridized carbons (Fsp3) is 0.469. The second-order valence-electron chi connectivity index (χ2n) is 16.8. The van der Waals surface area contributed by atoms with E-state index in [2.05, 4.69) is 148 Å². The minimum absolute atomic E-state index is 0.00655. The second-order valence-corrected chi connectivity index (χ2v) is 16.8. The molecule has 10 atom stereocenters. The van der Waals surface area contributed by atoms with Crippen molar-refractivity contribution in [3.8, 4) is 0 Å². The Morgan fingerprint density at radius 2 is 1.00 bits per heavy atom. The van der Waals surface area contributed by atoms with Gasteiger partial charge in [-0.15, -0.1) is 0 Å². The number of benzene rings is 4. The van der Waals surface area contributed by atoms with Crippen molar-refractivity contribution in [3.05, 3.63) is 155 Å². The number of hydrogen-bond acceptors (Lipinski definition) is 4. The fourth-order valence-electron chi connectivity index (χ4n) is 11.4. The lowest BCUT2D eigenvalue weighted by Crippen LogP contribution is -2.68. The van der Waals surface area contributed by atoms with Gasteiger partial charge in [-0.3, -0.25) is 0 Å². The van der Waals surface area contributed by atoms with Gasteiger partial charge in [-0.05, 0) is 96.3 Å². The third-order valence-electron chi connectivity index (χ3n) is 14.0. The van der Waals surface area contributed by atoms with E-state index < -0.39 is 0 Å². The summed E-state index contributed by atoms with van der Waals surface area (Å²) in [5.74, 6) is 1.56. The molecule has 4 heteroatoms. The Kier molecular flexibility index (Phi) is 11.0. The lowest BCUT2D eigenvalue weighted by Gasteiger charge is -2.66. The maximum atomic E-state index is 7.41. The molecule has 0 bridgehead atoms. The van der Waals surface area contributed by atoms with E-state index in [1.165, 1.54) is 47.9 Å². The zero-order chi connectivity index (χ0) is 36.3. The average Bonchev–Trinajstić information content (AvgIpc) is 3.55. The van der Waals surface area contributed by atoms with Gasteiger partial charge in [-0.2, -0.15) is 0 Å². The molecule has 4 saturated carbocycles. The van der Waals surface area contributed by atoms with Gasteiger partial charge in [0.05, 0.1) is 50.8 Å². The van der Waals surface area contributed by atoms with Crippen molar-refractivity contribution < 1.29 is 18.9 Å². The van der Waals surface area contributed by atoms with Gasteiger partial charge in [0.1, 0.15) is 0 Å². The number of allylic oxidation sites excluding steroid dienone is 2. The molecule has 0 amide bonds. The van der Waals surface area contributed by atoms with Crippen LogP contribution in [0.25, 0.3) is 0 Å². The summed E-state index contributed by atoms with van der Waals surface area (Å²) in [7, 11) is 0. The van der Waals surface area contributed by atoms with Crippen molar-refractivity contribution in [2.45, 2.75) is 110 Å². The highest BCUT2D eigenvalue weighted by Gasteiger charge is 2.67. The first-order valence-electron chi connectivity index (χ1n) is 20.3. The topological polar surface area (TPSA) is 36.9 Å². The van der Waals surface area contributed by atoms with Crippen molar-refractivity contribution in [1.82, 2.24) is 0 Å². The maximum Gasteiger partial charge on any atom is 0.0903 e. The lowest BCUT2D eigenvalue weighted by molar-refractivity contribution is -0.284. The van der Waals surface area contributed by atoms with Crippen LogP contribution in [0.5, 0.6) is 0 Å². The van der Waals surface area contributed by atoms with E-state index in [-0.39, 0.29) is 41.2 Å². The molecule has 278 valence electrons. The monoisotopic (exact) mass is 710 g/mol. The summed E-state index contributed by atoms with van der Waals surface area (Å²) in [5, 5.41) is 0. The van der Waals surface area contributed by atoms with Crippen LogP contribution < -0.4 is 0 Å². The smallest absolute Gasteiger partial charge is 0.0903 e. The second kappa shape index (κ2) is 16.1. The van der Waals surface area contributed by atoms with Gasteiger partial charge >= 0.3 is 0 Å². The summed E-state index contributed by atoms with van der Waals surface area (Å²) in [6, 6.07) is 42.7. The van der Waals surface area contributed by atoms with Gasteiger partial charge in [0.15, 0.2) is 0 Å². The lowest BCUT2D eigenvalue weighted by atomic mass is 9.43. The Hall–Kier alpha value is -3.54. The first kappa shape index (κ1) is 36.4. The molecule has 0 aliphatic heterocycles. The summed E-state index contributed by atoms with van der Waals surface area (Å²) < 4.78 is 29.0. The highest BCUT2D eigenvalue weighted by Crippen LogP contribution is 2.68. The van der Waals surface area contributed by atoms with E-state index in [1.54, 1.807) is 5.57 Å². The van der Waals surface area contributed by atoms with E-state index in [0.717, 1.165) is 12.8 Å². The van der Waals surface area contributed by atoms with Crippen molar-refractivity contribution in [2.75, 3.05) is 0 Å². The largest absolute Gasteiger partial charge is 0.371 e. The molecule has 4 aliphatic carbocycles. The number of fused-ring (bicyclic) bond motifs is 5. The Balaban J connectivity index is 1.22. The summed E-state index contributed by atoms with van der Waals surface area (Å²) in [6.45, 7) is 9.66. The third kappa shape index (κ3) is 7.33. The minimum Gasteiger partial charge on any atom is -0.371 e. The van der Waals surface area contributed by atoms with Crippen LogP contribution in [0.4, 0.5) is 0 Å². The highest BCUT2D eigenvalue weighted by molar-refractivity contribution is 5.26. The molecule has 0 radical (unpaired) electrons. The van der Waals surface area contributed by atoms with Gasteiger partial charge in [0.25, 0.3) is 0 Å². The number of rotatable bonds is 12. The number of ether oxygens (including phenoxy) is 4. The van der Waals surface area contributed by atoms with E-state index in [4.69, 9.17) is 18.9 Å². The fourth-order valence-corrected chi connectivity index (χ4v) is 11.4. The summed E-state index contributed by atoms with van der Waals surface area (Å²) in [6.07, 6.45) is 8.94. The molecule has 4 aromatic rings. The van der Waals surface area contributed by atoms with Gasteiger partial charge in [-0.1, -0.05) is 147 Å². The van der Waals surface area contributed by atoms with Crippen LogP contribution in [0.3, 0.4) is 0 Å². The molecule has 4 aromatic carbocycles. The molecule has 0 aromatic heterocycles. The van der Waals surface area contributed by atoms with Crippen LogP contribution in [-0.4, -0.2) is 24.4 Å². The molecule has 4 aliphatic rings. The SMILES string of the molecule is C/C=C1/CCC2C3C(OCc4ccccc4)[C@H](OCc4ccccc4)C4C(OCc5ccccc5)[C@H](OCc5ccccc5)CC[C@]4(C)C3CC[C@]12C. The van der Waals surface area contributed by atoms with Crippen LogP contribution >= 0.6 is 0 Å². The summed E-state index contributed by atoms with van der Waals surface area (Å²) >= 11 is 0. The highest BCUT2D eigenvalue weighted by atomic mass is 16.6. The van der Waals surface area contributed by atoms with Crippen LogP contribution in [-0.2, 0) is 45.4 Å². The van der Waals surface area contributed by atoms with E-state index in [1.807, 2.05) is 0 Å². The van der Waals surface area contributed by atoms with E-state index >= 15 is 0 Å². The standard InChI is InChI=1S/C49H58O4/c1-4-39-25-26-40-43-41(27-29-48(39,40)2)49(3)30-28-42(50-31-35-17-9-5-10-18-35)45(51-32-36-19-11-6-12-20-36)44(49)47(53-34-38-23-15-8-16-24-38)46(43)52-33-37-21-13-7-14-22-37/h4-24,40-47H,25-34H2,1-3H3/b39-4-/t40?,41?,42-,43?,44?,45?,46?,47-,48-,49-/m1/s1. The molecule has 53 heavy (non-hydrogen) atoms. The Bertz CT molecular complexity index is 1780. The zero-order valence-corrected chi connectivity index (χ0v) is 31.9. The van der Waals surface area contributed by atoms with E-state index in [9.17, 15) is 0 Å². The van der Waals surface area contributed by atoms with Crippen LogP contribution in [0, 0.1) is 34.5 Å². The van der Waals surface area contributed by atoms with Crippen molar-refractivity contribution in [1.29, 1.82) is 0 Å². The quantitative estimate of drug-likeness (QED) is 0.137. The first-order valence-corrected chi connectivity index (χ1v) is 20.3. The molecule has 0 spiro atoms. The Labute approximate surface area is 317 Å². The summed E-state index contributed by atoms with van der Waals surface area (Å²) in [4.78, 5) is 0. The minimum atomic E-state index is -0.161. The third-order valence-corrected chi connectivity index (χ3v) is 14.0. The predicted octanol–water partition coefficient (Wildman–Crippen LogP) is 11.1. The van der Waals surface area contributed by atoms with Gasteiger partial charge < -0.3 is 18.9 Å². The molecule has 0 N–H and O–H groups in total. The Morgan fingerprint density at radius 3 is 1.51 bits per heavy atom. The molecule has 0 saturated heterocycles. The maximum absolute atomic E-state index is 7.41. The van der Waals surface area contributed by atoms with E-state index in [0.29, 0.717) is 44.2 Å². The van der Waals surface area contributed by atoms with Crippen molar-refractivity contribution >= 4 is 0 Å². The molecule has 8 rings (SSSR count). The van der Waals surface area contributed by atoms with Crippen LogP contribution in [0.1, 0.15) is 81.5 Å². The summed E-state index contributed by atoms with van der Waals surface area (Å²) in [5.41, 5.74) is 6.65. The van der Waals surface area contributed by atoms with Gasteiger partial charge in [0.2, 0.25) is 0 Å². The molecule has 4 nitrogen and oxygen atoms in total. The molecule has 4 fully saturated rings. The van der Waals surface area contributed by atoms with Crippen LogP contribution in [0.15, 0.2) is 133 Å². The normalized spacial score (nSPS) is 34.3. The zero-order valence-electron chi connectivity index (χ0n) is 31.9. The number of hydrogen-bond donors (Lipinski definition) is 0.